The lowest BCUT2D eigenvalue weighted by Gasteiger charge is -2.49. The van der Waals surface area contributed by atoms with Crippen LogP contribution in [0.15, 0.2) is 34.9 Å². The Hall–Kier alpha value is -3.09. The second-order valence-corrected chi connectivity index (χ2v) is 15.3. The predicted molar refractivity (Wildman–Crippen MR) is 204 cm³/mol. The van der Waals surface area contributed by atoms with Crippen LogP contribution in [0.25, 0.3) is 0 Å². The summed E-state index contributed by atoms with van der Waals surface area (Å²) in [6, 6.07) is 0. The fourth-order valence-corrected chi connectivity index (χ4v) is 6.55. The number of aliphatic hydroxyl groups is 11. The molecular weight excluding hydrogens is 852 g/mol. The van der Waals surface area contributed by atoms with Crippen LogP contribution in [0.4, 0.5) is 0 Å². The smallest absolute Gasteiger partial charge is 0.333 e. The Balaban J connectivity index is 1.66. The third-order valence-corrected chi connectivity index (χ3v) is 11.1. The van der Waals surface area contributed by atoms with Crippen molar-refractivity contribution in [2.24, 2.45) is 0 Å². The van der Waals surface area contributed by atoms with Gasteiger partial charge in [-0.15, -0.1) is 0 Å². The summed E-state index contributed by atoms with van der Waals surface area (Å²) in [5.41, 5.74) is 0.551. The molecule has 0 saturated carbocycles. The van der Waals surface area contributed by atoms with E-state index in [1.807, 2.05) is 0 Å². The van der Waals surface area contributed by atoms with Gasteiger partial charge in [-0.1, -0.05) is 18.2 Å². The summed E-state index contributed by atoms with van der Waals surface area (Å²) in [7, 11) is 0. The van der Waals surface area contributed by atoms with Gasteiger partial charge in [0.05, 0.1) is 6.61 Å². The lowest BCUT2D eigenvalue weighted by atomic mass is 9.96. The minimum absolute atomic E-state index is 0.163. The molecule has 20 atom stereocenters. The Morgan fingerprint density at radius 3 is 1.02 bits per heavy atom. The number of esters is 3. The first-order chi connectivity index (χ1) is 29.7. The number of ether oxygens (including phenoxy) is 10. The minimum Gasteiger partial charge on any atom is -0.459 e. The van der Waals surface area contributed by atoms with E-state index in [1.54, 1.807) is 20.8 Å². The van der Waals surface area contributed by atoms with Crippen LogP contribution in [-0.4, -0.2) is 223 Å². The summed E-state index contributed by atoms with van der Waals surface area (Å²) >= 11 is 0. The standard InChI is InChI=1S/C39H60O24/c1-7-14(4)33(51)54-11-18-22(42)25(45)29(49)36(58-18)61-31-27(47)21(41)17(10-40)57-38(31)63-39-32(28(48)24(44)20(60-39)13-56-35(53)16(6)9-3)62-37-30(50)26(46)23(43)19(59-37)12-55-34(52)15(5)8-2/h7-9,17-32,36-50H,10-13H2,1-6H3/b14-7+,15-8+,16-9+/t17-,18-,19-,20-,21-,22-,23-,24-,25+,26+,27+,28+,29-,30-,31-,32-,36+,37+,38-,39-/m0/s1. The zero-order chi connectivity index (χ0) is 47.0. The van der Waals surface area contributed by atoms with Crippen molar-refractivity contribution in [3.63, 3.8) is 0 Å². The van der Waals surface area contributed by atoms with Crippen LogP contribution in [0.5, 0.6) is 0 Å². The molecule has 0 aromatic carbocycles. The van der Waals surface area contributed by atoms with E-state index in [-0.39, 0.29) is 16.7 Å². The lowest BCUT2D eigenvalue weighted by molar-refractivity contribution is -0.414. The second-order valence-electron chi connectivity index (χ2n) is 15.3. The van der Waals surface area contributed by atoms with Crippen LogP contribution in [0.1, 0.15) is 41.5 Å². The van der Waals surface area contributed by atoms with Crippen LogP contribution in [0.3, 0.4) is 0 Å². The molecule has 24 nitrogen and oxygen atoms in total. The van der Waals surface area contributed by atoms with Crippen LogP contribution < -0.4 is 0 Å². The highest BCUT2D eigenvalue weighted by Gasteiger charge is 2.56. The molecule has 4 fully saturated rings. The molecule has 4 aliphatic rings. The maximum atomic E-state index is 12.5. The number of hydrogen-bond acceptors (Lipinski definition) is 24. The molecule has 4 rings (SSSR count). The van der Waals surface area contributed by atoms with Gasteiger partial charge >= 0.3 is 17.9 Å². The van der Waals surface area contributed by atoms with E-state index >= 15 is 0 Å². The fraction of sp³-hybridized carbons (Fsp3) is 0.769. The number of aliphatic hydroxyl groups excluding tert-OH is 11. The molecule has 0 aromatic rings. The quantitative estimate of drug-likeness (QED) is 0.0392. The zero-order valence-corrected chi connectivity index (χ0v) is 35.3. The molecular formula is C39H60O24. The monoisotopic (exact) mass is 912 g/mol. The molecule has 0 aliphatic carbocycles. The van der Waals surface area contributed by atoms with Crippen molar-refractivity contribution in [3.8, 4) is 0 Å². The summed E-state index contributed by atoms with van der Waals surface area (Å²) < 4.78 is 56.1. The van der Waals surface area contributed by atoms with Gasteiger partial charge in [0.2, 0.25) is 0 Å². The largest absolute Gasteiger partial charge is 0.459 e. The van der Waals surface area contributed by atoms with E-state index in [0.29, 0.717) is 0 Å². The third kappa shape index (κ3) is 12.4. The fourth-order valence-electron chi connectivity index (χ4n) is 6.55. The molecule has 0 spiro atoms. The molecule has 63 heavy (non-hydrogen) atoms. The summed E-state index contributed by atoms with van der Waals surface area (Å²) in [5, 5.41) is 119. The van der Waals surface area contributed by atoms with E-state index < -0.39 is 167 Å². The van der Waals surface area contributed by atoms with Crippen molar-refractivity contribution in [2.75, 3.05) is 26.4 Å². The number of rotatable bonds is 16. The summed E-state index contributed by atoms with van der Waals surface area (Å²) in [6.45, 7) is 6.03. The van der Waals surface area contributed by atoms with Crippen molar-refractivity contribution in [1.29, 1.82) is 0 Å². The summed E-state index contributed by atoms with van der Waals surface area (Å²) in [4.78, 5) is 37.1. The molecule has 360 valence electrons. The number of hydrogen-bond donors (Lipinski definition) is 11. The van der Waals surface area contributed by atoms with Gasteiger partial charge in [-0.25, -0.2) is 14.4 Å². The van der Waals surface area contributed by atoms with Crippen LogP contribution >= 0.6 is 0 Å². The van der Waals surface area contributed by atoms with Crippen molar-refractivity contribution < 1.29 is 118 Å². The van der Waals surface area contributed by atoms with Crippen molar-refractivity contribution in [2.45, 2.75) is 164 Å². The Morgan fingerprint density at radius 2 is 0.698 bits per heavy atom. The third-order valence-electron chi connectivity index (χ3n) is 11.1. The Labute approximate surface area is 361 Å². The van der Waals surface area contributed by atoms with Gasteiger partial charge in [0.1, 0.15) is 117 Å². The maximum absolute atomic E-state index is 12.5. The molecule has 0 aromatic heterocycles. The normalized spacial score (nSPS) is 41.8. The highest BCUT2D eigenvalue weighted by Crippen LogP contribution is 2.35. The van der Waals surface area contributed by atoms with Gasteiger partial charge < -0.3 is 104 Å². The average molecular weight is 913 g/mol. The molecule has 0 radical (unpaired) electrons. The maximum Gasteiger partial charge on any atom is 0.333 e. The SMILES string of the molecule is C/C=C(\C)C(=O)OC[C@@H]1O[C@H](O[C@@H]2[C@H](O[C@@H]3O[C@@H](COC(=O)/C(C)=C/C)[C@H](O)[C@@H](O)[C@@H]3O[C@H]3O[C@@H](COC(=O)/C(C)=C/C)[C@H](O)[C@@H](O)[C@@H]3O)O[C@@H](CO)[C@H](O)[C@H]2O)[C@@H](O)[C@H](O)[C@H]1O. The Morgan fingerprint density at radius 1 is 0.413 bits per heavy atom. The number of carbonyl (C=O) groups is 3. The van der Waals surface area contributed by atoms with Gasteiger partial charge in [0.25, 0.3) is 0 Å². The minimum atomic E-state index is -2.12. The average Bonchev–Trinajstić information content (AvgIpc) is 3.28. The molecule has 11 N–H and O–H groups in total. The van der Waals surface area contributed by atoms with E-state index in [2.05, 4.69) is 0 Å². The van der Waals surface area contributed by atoms with E-state index in [4.69, 9.17) is 47.4 Å². The molecule has 4 aliphatic heterocycles. The molecule has 0 bridgehead atoms. The van der Waals surface area contributed by atoms with Gasteiger partial charge in [0, 0.05) is 16.7 Å². The first kappa shape index (κ1) is 52.5. The van der Waals surface area contributed by atoms with Crippen LogP contribution in [0, 0.1) is 0 Å². The second kappa shape index (κ2) is 23.4. The van der Waals surface area contributed by atoms with Gasteiger partial charge in [-0.2, -0.15) is 0 Å². The number of allylic oxidation sites excluding steroid dienone is 3. The van der Waals surface area contributed by atoms with Gasteiger partial charge in [-0.05, 0) is 41.5 Å². The van der Waals surface area contributed by atoms with E-state index in [9.17, 15) is 70.6 Å². The number of carbonyl (C=O) groups excluding carboxylic acids is 3. The molecule has 0 unspecified atom stereocenters. The molecule has 24 heteroatoms. The Bertz CT molecular complexity index is 1620. The lowest BCUT2D eigenvalue weighted by Crippen LogP contribution is -2.67. The molecule has 4 saturated heterocycles. The van der Waals surface area contributed by atoms with Crippen molar-refractivity contribution >= 4 is 17.9 Å². The zero-order valence-electron chi connectivity index (χ0n) is 35.3. The molecule has 0 amide bonds. The Kier molecular flexibility index (Phi) is 19.5. The highest BCUT2D eigenvalue weighted by molar-refractivity contribution is 5.88. The van der Waals surface area contributed by atoms with Crippen molar-refractivity contribution in [3.05, 3.63) is 34.9 Å². The highest BCUT2D eigenvalue weighted by atomic mass is 16.8. The van der Waals surface area contributed by atoms with E-state index in [1.165, 1.54) is 39.0 Å². The van der Waals surface area contributed by atoms with Gasteiger partial charge in [-0.3, -0.25) is 0 Å². The first-order valence-corrected chi connectivity index (χ1v) is 20.1. The van der Waals surface area contributed by atoms with Gasteiger partial charge in [0.15, 0.2) is 25.2 Å². The van der Waals surface area contributed by atoms with E-state index in [0.717, 1.165) is 0 Å². The summed E-state index contributed by atoms with van der Waals surface area (Å²) in [6.07, 6.45) is -34.2. The van der Waals surface area contributed by atoms with Crippen molar-refractivity contribution in [1.82, 2.24) is 0 Å². The van der Waals surface area contributed by atoms with Crippen LogP contribution in [0.2, 0.25) is 0 Å². The molecule has 4 heterocycles. The first-order valence-electron chi connectivity index (χ1n) is 20.1. The topological polar surface area (TPSA) is 366 Å². The predicted octanol–water partition coefficient (Wildman–Crippen LogP) is -5.20. The van der Waals surface area contributed by atoms with Crippen LogP contribution in [-0.2, 0) is 61.8 Å². The summed E-state index contributed by atoms with van der Waals surface area (Å²) in [5.74, 6) is -2.44.